The Morgan fingerprint density at radius 1 is 1.08 bits per heavy atom. The lowest BCUT2D eigenvalue weighted by Gasteiger charge is -2.57. The van der Waals surface area contributed by atoms with Crippen LogP contribution in [0.15, 0.2) is 18.3 Å². The van der Waals surface area contributed by atoms with E-state index in [1.54, 1.807) is 6.07 Å². The van der Waals surface area contributed by atoms with Crippen molar-refractivity contribution in [2.75, 3.05) is 36.9 Å². The SMILES string of the molecule is N#Cc1cc(Nc2nc(NC3CC3)c3ncc(C#N)n3n2)c(Cl)c(C2CCN(C3CC4(COC4)C3)CC2)c1. The maximum Gasteiger partial charge on any atom is 0.247 e. The molecular formula is C27H28ClN9O. The molecule has 1 spiro atoms. The fourth-order valence-corrected chi connectivity index (χ4v) is 6.46. The number of hydrogen-bond acceptors (Lipinski definition) is 9. The van der Waals surface area contributed by atoms with E-state index in [9.17, 15) is 10.5 Å². The summed E-state index contributed by atoms with van der Waals surface area (Å²) >= 11 is 6.97. The van der Waals surface area contributed by atoms with Gasteiger partial charge in [0.25, 0.3) is 0 Å². The number of nitrogens with zero attached hydrogens (tertiary/aromatic N) is 7. The molecule has 0 radical (unpaired) electrons. The molecular weight excluding hydrogens is 502 g/mol. The number of rotatable bonds is 6. The third-order valence-electron chi connectivity index (χ3n) is 8.51. The molecule has 2 saturated carbocycles. The summed E-state index contributed by atoms with van der Waals surface area (Å²) in [6.45, 7) is 3.94. The molecule has 0 bridgehead atoms. The van der Waals surface area contributed by atoms with Gasteiger partial charge in [0.2, 0.25) is 5.95 Å². The van der Waals surface area contributed by atoms with Gasteiger partial charge in [-0.15, -0.1) is 5.10 Å². The normalized spacial score (nSPS) is 21.4. The first-order valence-electron chi connectivity index (χ1n) is 13.3. The van der Waals surface area contributed by atoms with Gasteiger partial charge in [-0.3, -0.25) is 0 Å². The molecule has 1 aromatic carbocycles. The van der Waals surface area contributed by atoms with Crippen molar-refractivity contribution in [3.8, 4) is 12.1 Å². The Balaban J connectivity index is 1.13. The van der Waals surface area contributed by atoms with Gasteiger partial charge in [0, 0.05) is 17.5 Å². The first-order valence-corrected chi connectivity index (χ1v) is 13.7. The fraction of sp³-hybridized carbons (Fsp3) is 0.519. The predicted molar refractivity (Wildman–Crippen MR) is 141 cm³/mol. The van der Waals surface area contributed by atoms with Gasteiger partial charge < -0.3 is 20.3 Å². The summed E-state index contributed by atoms with van der Waals surface area (Å²) in [6.07, 6.45) is 8.14. The van der Waals surface area contributed by atoms with Crippen molar-refractivity contribution >= 4 is 34.7 Å². The first kappa shape index (κ1) is 23.7. The minimum Gasteiger partial charge on any atom is -0.380 e. The molecule has 2 aliphatic carbocycles. The first-order chi connectivity index (χ1) is 18.5. The van der Waals surface area contributed by atoms with E-state index in [0.29, 0.717) is 50.9 Å². The molecule has 194 valence electrons. The van der Waals surface area contributed by atoms with Crippen LogP contribution in [0.3, 0.4) is 0 Å². The van der Waals surface area contributed by atoms with Gasteiger partial charge in [-0.05, 0) is 75.2 Å². The highest BCUT2D eigenvalue weighted by Gasteiger charge is 2.51. The van der Waals surface area contributed by atoms with Crippen LogP contribution in [-0.4, -0.2) is 62.9 Å². The molecule has 0 atom stereocenters. The van der Waals surface area contributed by atoms with Crippen LogP contribution in [0.1, 0.15) is 61.3 Å². The number of halogens is 1. The average Bonchev–Trinajstić information content (AvgIpc) is 3.60. The second kappa shape index (κ2) is 9.09. The summed E-state index contributed by atoms with van der Waals surface area (Å²) in [6, 6.07) is 9.08. The van der Waals surface area contributed by atoms with Crippen molar-refractivity contribution in [1.29, 1.82) is 10.5 Å². The van der Waals surface area contributed by atoms with Crippen LogP contribution >= 0.6 is 11.6 Å². The number of aromatic nitrogens is 4. The largest absolute Gasteiger partial charge is 0.380 e. The lowest BCUT2D eigenvalue weighted by molar-refractivity contribution is -0.185. The Kier molecular flexibility index (Phi) is 5.66. The molecule has 2 saturated heterocycles. The third kappa shape index (κ3) is 4.14. The molecule has 4 heterocycles. The number of benzene rings is 1. The Bertz CT molecular complexity index is 1480. The summed E-state index contributed by atoms with van der Waals surface area (Å²) in [5.41, 5.74) is 3.41. The van der Waals surface area contributed by atoms with E-state index in [4.69, 9.17) is 16.3 Å². The lowest BCUT2D eigenvalue weighted by Crippen LogP contribution is -2.60. The Labute approximate surface area is 225 Å². The summed E-state index contributed by atoms with van der Waals surface area (Å²) in [4.78, 5) is 11.6. The smallest absolute Gasteiger partial charge is 0.247 e. The summed E-state index contributed by atoms with van der Waals surface area (Å²) in [5.74, 6) is 1.13. The molecule has 4 aliphatic rings. The molecule has 2 N–H and O–H groups in total. The number of likely N-dealkylation sites (tertiary alicyclic amines) is 1. The zero-order valence-electron chi connectivity index (χ0n) is 21.0. The van der Waals surface area contributed by atoms with Gasteiger partial charge in [-0.1, -0.05) is 11.6 Å². The van der Waals surface area contributed by atoms with Crippen LogP contribution in [0.5, 0.6) is 0 Å². The van der Waals surface area contributed by atoms with E-state index < -0.39 is 0 Å². The van der Waals surface area contributed by atoms with Crippen LogP contribution in [-0.2, 0) is 4.74 Å². The second-order valence-corrected chi connectivity index (χ2v) is 11.6. The van der Waals surface area contributed by atoms with Crippen LogP contribution in [0.25, 0.3) is 5.65 Å². The van der Waals surface area contributed by atoms with Crippen molar-refractivity contribution in [3.05, 3.63) is 40.2 Å². The van der Waals surface area contributed by atoms with Gasteiger partial charge in [0.05, 0.1) is 41.8 Å². The van der Waals surface area contributed by atoms with E-state index in [-0.39, 0.29) is 11.9 Å². The summed E-state index contributed by atoms with van der Waals surface area (Å²) in [5, 5.41) is 31.0. The number of piperidine rings is 1. The lowest BCUT2D eigenvalue weighted by atomic mass is 9.63. The number of anilines is 3. The van der Waals surface area contributed by atoms with Crippen molar-refractivity contribution < 1.29 is 4.74 Å². The van der Waals surface area contributed by atoms with Gasteiger partial charge in [-0.25, -0.2) is 4.98 Å². The fourth-order valence-electron chi connectivity index (χ4n) is 6.15. The van der Waals surface area contributed by atoms with E-state index in [0.717, 1.165) is 57.6 Å². The Morgan fingerprint density at radius 3 is 2.53 bits per heavy atom. The molecule has 2 aromatic heterocycles. The van der Waals surface area contributed by atoms with E-state index in [1.165, 1.54) is 23.6 Å². The molecule has 0 unspecified atom stereocenters. The highest BCUT2D eigenvalue weighted by Crippen LogP contribution is 2.50. The highest BCUT2D eigenvalue weighted by atomic mass is 35.5. The van der Waals surface area contributed by atoms with Gasteiger partial charge in [-0.2, -0.15) is 20.0 Å². The molecule has 11 heteroatoms. The van der Waals surface area contributed by atoms with E-state index >= 15 is 0 Å². The average molecular weight is 530 g/mol. The third-order valence-corrected chi connectivity index (χ3v) is 8.93. The molecule has 4 fully saturated rings. The number of nitriles is 2. The topological polar surface area (TPSA) is 127 Å². The van der Waals surface area contributed by atoms with Gasteiger partial charge >= 0.3 is 0 Å². The molecule has 10 nitrogen and oxygen atoms in total. The second-order valence-electron chi connectivity index (χ2n) is 11.2. The summed E-state index contributed by atoms with van der Waals surface area (Å²) < 4.78 is 6.92. The molecule has 3 aromatic rings. The zero-order valence-corrected chi connectivity index (χ0v) is 21.7. The maximum absolute atomic E-state index is 9.78. The van der Waals surface area contributed by atoms with Crippen molar-refractivity contribution in [2.24, 2.45) is 5.41 Å². The number of ether oxygens (including phenoxy) is 1. The Hall–Kier alpha value is -3.44. The van der Waals surface area contributed by atoms with Crippen molar-refractivity contribution in [2.45, 2.75) is 56.5 Å². The summed E-state index contributed by atoms with van der Waals surface area (Å²) in [7, 11) is 0. The molecule has 7 rings (SSSR count). The Morgan fingerprint density at radius 2 is 1.87 bits per heavy atom. The standard InChI is InChI=1S/C27H28ClN9O/c28-23-21(17-3-5-36(6-4-17)19-9-27(10-19)14-38-15-27)7-16(11-29)8-22(23)33-26-34-24(32-18-1-2-18)25-31-13-20(12-30)37(25)35-26/h7-8,13,17-19H,1-6,9-10,14-15H2,(H2,32,33,34,35). The highest BCUT2D eigenvalue weighted by molar-refractivity contribution is 6.34. The van der Waals surface area contributed by atoms with Crippen molar-refractivity contribution in [1.82, 2.24) is 24.5 Å². The van der Waals surface area contributed by atoms with E-state index in [1.807, 2.05) is 6.07 Å². The minimum atomic E-state index is 0.281. The minimum absolute atomic E-state index is 0.281. The van der Waals surface area contributed by atoms with Crippen LogP contribution < -0.4 is 10.6 Å². The molecule has 0 amide bonds. The zero-order chi connectivity index (χ0) is 25.9. The molecule has 2 aliphatic heterocycles. The van der Waals surface area contributed by atoms with Crippen LogP contribution in [0.4, 0.5) is 17.5 Å². The monoisotopic (exact) mass is 529 g/mol. The predicted octanol–water partition coefficient (Wildman–Crippen LogP) is 4.20. The van der Waals surface area contributed by atoms with Crippen LogP contribution in [0, 0.1) is 28.1 Å². The number of nitrogens with one attached hydrogen (secondary N) is 2. The van der Waals surface area contributed by atoms with Gasteiger partial charge in [0.1, 0.15) is 6.07 Å². The van der Waals surface area contributed by atoms with Crippen molar-refractivity contribution in [3.63, 3.8) is 0 Å². The number of fused-ring (bicyclic) bond motifs is 1. The van der Waals surface area contributed by atoms with Gasteiger partial charge in [0.15, 0.2) is 17.2 Å². The maximum atomic E-state index is 9.78. The molecule has 38 heavy (non-hydrogen) atoms. The number of imidazole rings is 1. The van der Waals surface area contributed by atoms with Crippen LogP contribution in [0.2, 0.25) is 5.02 Å². The quantitative estimate of drug-likeness (QED) is 0.483. The number of hydrogen-bond donors (Lipinski definition) is 2. The van der Waals surface area contributed by atoms with E-state index in [2.05, 4.69) is 42.7 Å².